The molecule has 0 aromatic carbocycles. The van der Waals surface area contributed by atoms with Crippen LogP contribution in [0.2, 0.25) is 0 Å². The number of ether oxygens (including phenoxy) is 1. The van der Waals surface area contributed by atoms with Gasteiger partial charge in [-0.15, -0.1) is 0 Å². The summed E-state index contributed by atoms with van der Waals surface area (Å²) < 4.78 is 7.22. The Hall–Kier alpha value is -3.46. The van der Waals surface area contributed by atoms with E-state index in [1.54, 1.807) is 10.9 Å². The Labute approximate surface area is 205 Å². The van der Waals surface area contributed by atoms with E-state index in [1.807, 2.05) is 24.5 Å². The second kappa shape index (κ2) is 10.9. The number of pyridine rings is 2. The third kappa shape index (κ3) is 5.79. The fraction of sp³-hybridized carbons (Fsp3) is 0.462. The van der Waals surface area contributed by atoms with Crippen LogP contribution in [0, 0.1) is 0 Å². The van der Waals surface area contributed by atoms with Crippen molar-refractivity contribution in [1.29, 1.82) is 0 Å². The second-order valence-corrected chi connectivity index (χ2v) is 9.17. The van der Waals surface area contributed by atoms with Crippen LogP contribution >= 0.6 is 0 Å². The quantitative estimate of drug-likeness (QED) is 0.485. The van der Waals surface area contributed by atoms with Crippen LogP contribution in [0.3, 0.4) is 0 Å². The van der Waals surface area contributed by atoms with E-state index < -0.39 is 12.0 Å². The summed E-state index contributed by atoms with van der Waals surface area (Å²) in [5, 5.41) is 17.7. The van der Waals surface area contributed by atoms with Crippen molar-refractivity contribution in [2.75, 3.05) is 43.1 Å². The summed E-state index contributed by atoms with van der Waals surface area (Å²) in [6.45, 7) is 3.96. The van der Waals surface area contributed by atoms with Crippen LogP contribution in [0.25, 0.3) is 0 Å². The smallest absolute Gasteiger partial charge is 0.305 e. The van der Waals surface area contributed by atoms with E-state index in [-0.39, 0.29) is 6.42 Å². The summed E-state index contributed by atoms with van der Waals surface area (Å²) in [4.78, 5) is 23.1. The maximum atomic E-state index is 11.7. The van der Waals surface area contributed by atoms with Crippen LogP contribution in [-0.2, 0) is 28.8 Å². The lowest BCUT2D eigenvalue weighted by Crippen LogP contribution is -2.36. The van der Waals surface area contributed by atoms with Gasteiger partial charge in [-0.25, -0.2) is 4.98 Å². The normalized spacial score (nSPS) is 16.4. The zero-order chi connectivity index (χ0) is 24.0. The number of nitrogens with one attached hydrogen (secondary N) is 1. The van der Waals surface area contributed by atoms with Gasteiger partial charge in [0, 0.05) is 37.7 Å². The molecule has 9 nitrogen and oxygen atoms in total. The molecule has 1 saturated heterocycles. The van der Waals surface area contributed by atoms with Gasteiger partial charge in [0.1, 0.15) is 5.82 Å². The highest BCUT2D eigenvalue weighted by atomic mass is 16.5. The number of aryl methyl sites for hydroxylation is 3. The summed E-state index contributed by atoms with van der Waals surface area (Å²) in [6, 6.07) is 7.91. The summed E-state index contributed by atoms with van der Waals surface area (Å²) in [5.74, 6) is 0.165. The highest BCUT2D eigenvalue weighted by Crippen LogP contribution is 2.26. The second-order valence-electron chi connectivity index (χ2n) is 9.17. The number of carboxylic acids is 1. The van der Waals surface area contributed by atoms with Crippen molar-refractivity contribution >= 4 is 17.5 Å². The number of hydrogen-bond acceptors (Lipinski definition) is 7. The first-order valence-corrected chi connectivity index (χ1v) is 12.4. The lowest BCUT2D eigenvalue weighted by atomic mass is 10.1. The first-order valence-electron chi connectivity index (χ1n) is 12.4. The first kappa shape index (κ1) is 23.3. The Morgan fingerprint density at radius 1 is 1.14 bits per heavy atom. The molecule has 0 aliphatic carbocycles. The van der Waals surface area contributed by atoms with Crippen molar-refractivity contribution in [1.82, 2.24) is 19.7 Å². The summed E-state index contributed by atoms with van der Waals surface area (Å²) in [6.07, 6.45) is 10.3. The van der Waals surface area contributed by atoms with E-state index in [2.05, 4.69) is 27.3 Å². The molecule has 1 unspecified atom stereocenters. The fourth-order valence-electron chi connectivity index (χ4n) is 4.79. The molecule has 9 heteroatoms. The van der Waals surface area contributed by atoms with Gasteiger partial charge in [-0.2, -0.15) is 5.10 Å². The molecular formula is C26H32N6O3. The highest BCUT2D eigenvalue weighted by molar-refractivity contribution is 5.68. The average Bonchev–Trinajstić information content (AvgIpc) is 3.36. The topological polar surface area (TPSA) is 105 Å². The largest absolute Gasteiger partial charge is 0.481 e. The van der Waals surface area contributed by atoms with Crippen LogP contribution in [0.4, 0.5) is 11.5 Å². The molecule has 184 valence electrons. The van der Waals surface area contributed by atoms with Crippen molar-refractivity contribution in [2.45, 2.75) is 44.6 Å². The number of aromatic nitrogens is 4. The number of carbonyl (C=O) groups is 1. The molecule has 0 radical (unpaired) electrons. The Morgan fingerprint density at radius 3 is 2.86 bits per heavy atom. The molecule has 0 bridgehead atoms. The van der Waals surface area contributed by atoms with Gasteiger partial charge in [0.15, 0.2) is 0 Å². The average molecular weight is 477 g/mol. The standard InChI is InChI=1S/C26H32N6O3/c33-25(34)16-24(20-15-23(18-27-17-20)31-11-13-35-14-12-31)32-10-8-22(30-32)5-1-4-21-7-6-19-3-2-9-28-26(19)29-21/h6-8,10,15,17-18,24H,1-5,9,11-14,16H2,(H,28,29)(H,33,34). The minimum atomic E-state index is -0.865. The molecule has 2 aliphatic heterocycles. The number of morpholine rings is 1. The molecule has 1 fully saturated rings. The third-order valence-corrected chi connectivity index (χ3v) is 6.67. The summed E-state index contributed by atoms with van der Waals surface area (Å²) >= 11 is 0. The van der Waals surface area contributed by atoms with E-state index in [4.69, 9.17) is 14.8 Å². The van der Waals surface area contributed by atoms with Gasteiger partial charge in [-0.3, -0.25) is 14.5 Å². The molecule has 2 aliphatic rings. The van der Waals surface area contributed by atoms with E-state index in [0.717, 1.165) is 80.2 Å². The van der Waals surface area contributed by atoms with Gasteiger partial charge in [0.2, 0.25) is 0 Å². The fourth-order valence-corrected chi connectivity index (χ4v) is 4.79. The molecule has 1 atom stereocenters. The molecule has 5 rings (SSSR count). The number of anilines is 2. The SMILES string of the molecule is O=C(O)CC(c1cncc(N2CCOCC2)c1)n1ccc(CCCc2ccc3c(n2)NCCC3)n1. The predicted molar refractivity (Wildman–Crippen MR) is 133 cm³/mol. The Kier molecular flexibility index (Phi) is 7.23. The van der Waals surface area contributed by atoms with Crippen molar-refractivity contribution in [3.8, 4) is 0 Å². The Balaban J connectivity index is 1.25. The van der Waals surface area contributed by atoms with Gasteiger partial charge in [-0.1, -0.05) is 6.07 Å². The van der Waals surface area contributed by atoms with Crippen LogP contribution in [0.5, 0.6) is 0 Å². The molecule has 3 aromatic heterocycles. The minimum absolute atomic E-state index is 0.0542. The van der Waals surface area contributed by atoms with Gasteiger partial charge < -0.3 is 20.1 Å². The molecular weight excluding hydrogens is 444 g/mol. The monoisotopic (exact) mass is 476 g/mol. The molecule has 0 saturated carbocycles. The number of aliphatic carboxylic acids is 1. The number of fused-ring (bicyclic) bond motifs is 1. The number of nitrogens with zero attached hydrogens (tertiary/aromatic N) is 5. The summed E-state index contributed by atoms with van der Waals surface area (Å²) in [7, 11) is 0. The zero-order valence-corrected chi connectivity index (χ0v) is 19.9. The zero-order valence-electron chi connectivity index (χ0n) is 19.9. The van der Waals surface area contributed by atoms with E-state index in [1.165, 1.54) is 5.56 Å². The number of carboxylic acid groups (broad SMARTS) is 1. The third-order valence-electron chi connectivity index (χ3n) is 6.67. The van der Waals surface area contributed by atoms with Crippen LogP contribution in [-0.4, -0.2) is 63.7 Å². The maximum Gasteiger partial charge on any atom is 0.305 e. The van der Waals surface area contributed by atoms with Crippen LogP contribution in [0.15, 0.2) is 42.9 Å². The molecule has 0 amide bonds. The van der Waals surface area contributed by atoms with E-state index >= 15 is 0 Å². The first-order chi connectivity index (χ1) is 17.2. The molecule has 2 N–H and O–H groups in total. The molecule has 0 spiro atoms. The van der Waals surface area contributed by atoms with Crippen molar-refractivity contribution in [3.63, 3.8) is 0 Å². The molecule has 35 heavy (non-hydrogen) atoms. The van der Waals surface area contributed by atoms with Crippen molar-refractivity contribution in [2.24, 2.45) is 0 Å². The van der Waals surface area contributed by atoms with Gasteiger partial charge in [0.05, 0.1) is 43.3 Å². The number of rotatable bonds is 9. The van der Waals surface area contributed by atoms with Gasteiger partial charge >= 0.3 is 5.97 Å². The predicted octanol–water partition coefficient (Wildman–Crippen LogP) is 3.11. The van der Waals surface area contributed by atoms with Crippen molar-refractivity contribution < 1.29 is 14.6 Å². The van der Waals surface area contributed by atoms with E-state index in [9.17, 15) is 9.90 Å². The number of hydrogen-bond donors (Lipinski definition) is 2. The maximum absolute atomic E-state index is 11.7. The highest BCUT2D eigenvalue weighted by Gasteiger charge is 2.21. The minimum Gasteiger partial charge on any atom is -0.481 e. The van der Waals surface area contributed by atoms with Crippen molar-refractivity contribution in [3.05, 3.63) is 65.4 Å². The summed E-state index contributed by atoms with van der Waals surface area (Å²) in [5.41, 5.74) is 5.17. The Morgan fingerprint density at radius 2 is 2.00 bits per heavy atom. The lowest BCUT2D eigenvalue weighted by Gasteiger charge is -2.29. The van der Waals surface area contributed by atoms with Gasteiger partial charge in [0.25, 0.3) is 0 Å². The molecule has 3 aromatic rings. The van der Waals surface area contributed by atoms with Gasteiger partial charge in [-0.05, 0) is 61.4 Å². The van der Waals surface area contributed by atoms with E-state index in [0.29, 0.717) is 13.2 Å². The molecule has 5 heterocycles. The Bertz CT molecular complexity index is 1160. The van der Waals surface area contributed by atoms with Crippen LogP contribution in [0.1, 0.15) is 47.8 Å². The van der Waals surface area contributed by atoms with Crippen LogP contribution < -0.4 is 10.2 Å². The lowest BCUT2D eigenvalue weighted by molar-refractivity contribution is -0.137.